The summed E-state index contributed by atoms with van der Waals surface area (Å²) in [6.45, 7) is 10.5. The second-order valence-corrected chi connectivity index (χ2v) is 6.93. The molecule has 0 radical (unpaired) electrons. The molecule has 0 saturated carbocycles. The van der Waals surface area contributed by atoms with Gasteiger partial charge in [-0.15, -0.1) is 0 Å². The molecule has 0 spiro atoms. The molecule has 0 N–H and O–H groups in total. The first-order valence-electron chi connectivity index (χ1n) is 8.59. The first kappa shape index (κ1) is 16.7. The van der Waals surface area contributed by atoms with E-state index >= 15 is 0 Å². The van der Waals surface area contributed by atoms with E-state index in [0.717, 1.165) is 36.5 Å². The van der Waals surface area contributed by atoms with Crippen molar-refractivity contribution >= 4 is 5.91 Å². The fourth-order valence-electron chi connectivity index (χ4n) is 3.38. The van der Waals surface area contributed by atoms with Crippen molar-refractivity contribution in [2.45, 2.75) is 65.3 Å². The Hall–Kier alpha value is -2.11. The molecule has 2 atom stereocenters. The molecule has 2 aromatic rings. The Morgan fingerprint density at radius 1 is 1.33 bits per heavy atom. The van der Waals surface area contributed by atoms with E-state index in [0.29, 0.717) is 11.7 Å². The van der Waals surface area contributed by atoms with Crippen LogP contribution in [0.3, 0.4) is 0 Å². The molecule has 6 nitrogen and oxygen atoms in total. The summed E-state index contributed by atoms with van der Waals surface area (Å²) in [4.78, 5) is 19.4. The summed E-state index contributed by atoms with van der Waals surface area (Å²) < 4.78 is 10.9. The zero-order valence-electron chi connectivity index (χ0n) is 15.0. The van der Waals surface area contributed by atoms with E-state index in [9.17, 15) is 4.79 Å². The monoisotopic (exact) mass is 331 g/mol. The molecule has 1 amide bonds. The third-order valence-electron chi connectivity index (χ3n) is 4.70. The number of likely N-dealkylation sites (tertiary alicyclic amines) is 1. The van der Waals surface area contributed by atoms with Crippen LogP contribution in [0.4, 0.5) is 0 Å². The topological polar surface area (TPSA) is 72.4 Å². The Morgan fingerprint density at radius 3 is 2.67 bits per heavy atom. The summed E-state index contributed by atoms with van der Waals surface area (Å²) >= 11 is 0. The Kier molecular flexibility index (Phi) is 4.47. The molecule has 3 rings (SSSR count). The highest BCUT2D eigenvalue weighted by Crippen LogP contribution is 2.34. The van der Waals surface area contributed by atoms with Gasteiger partial charge in [0.25, 0.3) is 0 Å². The van der Waals surface area contributed by atoms with Gasteiger partial charge in [-0.25, -0.2) is 0 Å². The maximum atomic E-state index is 13.0. The minimum absolute atomic E-state index is 0.0931. The van der Waals surface area contributed by atoms with Gasteiger partial charge < -0.3 is 13.8 Å². The number of rotatable bonds is 4. The predicted molar refractivity (Wildman–Crippen MR) is 88.7 cm³/mol. The van der Waals surface area contributed by atoms with Gasteiger partial charge in [0.05, 0.1) is 12.0 Å². The number of aryl methyl sites for hydroxylation is 2. The summed E-state index contributed by atoms with van der Waals surface area (Å²) in [6.07, 6.45) is 1.83. The number of amides is 1. The highest BCUT2D eigenvalue weighted by atomic mass is 16.5. The van der Waals surface area contributed by atoms with Crippen LogP contribution in [0.2, 0.25) is 0 Å². The Labute approximate surface area is 142 Å². The summed E-state index contributed by atoms with van der Waals surface area (Å²) in [7, 11) is 0. The second kappa shape index (κ2) is 6.42. The van der Waals surface area contributed by atoms with Crippen LogP contribution >= 0.6 is 0 Å². The van der Waals surface area contributed by atoms with Crippen molar-refractivity contribution in [3.63, 3.8) is 0 Å². The zero-order chi connectivity index (χ0) is 17.4. The zero-order valence-corrected chi connectivity index (χ0v) is 15.0. The molecule has 2 aromatic heterocycles. The van der Waals surface area contributed by atoms with Gasteiger partial charge in [0.2, 0.25) is 11.8 Å². The number of hydrogen-bond donors (Lipinski definition) is 0. The lowest BCUT2D eigenvalue weighted by Crippen LogP contribution is -2.34. The van der Waals surface area contributed by atoms with Crippen LogP contribution in [0.5, 0.6) is 0 Å². The lowest BCUT2D eigenvalue weighted by molar-refractivity contribution is -0.133. The maximum absolute atomic E-state index is 13.0. The average Bonchev–Trinajstić information content (AvgIpc) is 3.23. The molecule has 1 saturated heterocycles. The Morgan fingerprint density at radius 2 is 2.08 bits per heavy atom. The first-order chi connectivity index (χ1) is 11.4. The Balaban J connectivity index is 1.81. The summed E-state index contributed by atoms with van der Waals surface area (Å²) in [5, 5.41) is 4.11. The average molecular weight is 331 g/mol. The molecular weight excluding hydrogens is 306 g/mol. The van der Waals surface area contributed by atoms with Crippen LogP contribution in [0.25, 0.3) is 0 Å². The van der Waals surface area contributed by atoms with Crippen molar-refractivity contribution < 1.29 is 13.7 Å². The van der Waals surface area contributed by atoms with E-state index in [1.165, 1.54) is 0 Å². The molecule has 1 fully saturated rings. The maximum Gasteiger partial charge on any atom is 0.230 e. The summed E-state index contributed by atoms with van der Waals surface area (Å²) in [5.74, 6) is 2.94. The van der Waals surface area contributed by atoms with Crippen LogP contribution in [-0.2, 0) is 4.79 Å². The molecule has 1 aliphatic rings. The molecule has 1 aliphatic heterocycles. The number of hydrogen-bond acceptors (Lipinski definition) is 5. The summed E-state index contributed by atoms with van der Waals surface area (Å²) in [6, 6.07) is 1.86. The molecule has 0 bridgehead atoms. The van der Waals surface area contributed by atoms with Crippen molar-refractivity contribution in [1.29, 1.82) is 0 Å². The number of nitrogens with zero attached hydrogens (tertiary/aromatic N) is 3. The van der Waals surface area contributed by atoms with E-state index in [4.69, 9.17) is 8.94 Å². The van der Waals surface area contributed by atoms with Crippen molar-refractivity contribution in [3.8, 4) is 0 Å². The van der Waals surface area contributed by atoms with Crippen LogP contribution < -0.4 is 0 Å². The normalized spacial score (nSPS) is 19.2. The van der Waals surface area contributed by atoms with Gasteiger partial charge in [-0.05, 0) is 39.7 Å². The Bertz CT molecular complexity index is 732. The van der Waals surface area contributed by atoms with Crippen molar-refractivity contribution in [3.05, 3.63) is 34.9 Å². The van der Waals surface area contributed by atoms with Crippen LogP contribution in [0.1, 0.15) is 80.3 Å². The van der Waals surface area contributed by atoms with E-state index in [1.54, 1.807) is 0 Å². The lowest BCUT2D eigenvalue weighted by atomic mass is 9.99. The predicted octanol–water partition coefficient (Wildman–Crippen LogP) is 3.87. The molecule has 3 heterocycles. The van der Waals surface area contributed by atoms with Gasteiger partial charge in [-0.2, -0.15) is 4.98 Å². The molecule has 0 aromatic carbocycles. The number of carbonyl (C=O) groups is 1. The second-order valence-electron chi connectivity index (χ2n) is 6.93. The molecule has 24 heavy (non-hydrogen) atoms. The van der Waals surface area contributed by atoms with Crippen LogP contribution in [0.15, 0.2) is 15.0 Å². The summed E-state index contributed by atoms with van der Waals surface area (Å²) in [5.41, 5.74) is 0.958. The lowest BCUT2D eigenvalue weighted by Gasteiger charge is -2.25. The third-order valence-corrected chi connectivity index (χ3v) is 4.70. The van der Waals surface area contributed by atoms with Crippen molar-refractivity contribution in [2.75, 3.05) is 6.54 Å². The van der Waals surface area contributed by atoms with Crippen LogP contribution in [0, 0.1) is 13.8 Å². The van der Waals surface area contributed by atoms with E-state index in [-0.39, 0.29) is 23.8 Å². The third kappa shape index (κ3) is 2.97. The molecule has 130 valence electrons. The van der Waals surface area contributed by atoms with Crippen molar-refractivity contribution in [2.24, 2.45) is 0 Å². The fraction of sp³-hybridized carbons (Fsp3) is 0.611. The van der Waals surface area contributed by atoms with Gasteiger partial charge in [0.15, 0.2) is 5.82 Å². The number of aromatic nitrogens is 2. The number of carbonyl (C=O) groups excluding carboxylic acids is 1. The van der Waals surface area contributed by atoms with Crippen molar-refractivity contribution in [1.82, 2.24) is 15.0 Å². The molecular formula is C18H25N3O3. The quantitative estimate of drug-likeness (QED) is 0.850. The van der Waals surface area contributed by atoms with E-state index < -0.39 is 0 Å². The molecule has 0 aliphatic carbocycles. The van der Waals surface area contributed by atoms with Gasteiger partial charge in [0.1, 0.15) is 11.5 Å². The number of furan rings is 1. The fourth-order valence-corrected chi connectivity index (χ4v) is 3.38. The first-order valence-corrected chi connectivity index (χ1v) is 8.59. The largest absolute Gasteiger partial charge is 0.466 e. The standard InChI is InChI=1S/C18H25N3O3/c1-10(2)17-19-16(20-24-17)15-7-6-8-21(15)18(22)12(4)14-9-11(3)23-13(14)5/h9-10,12,15H,6-8H2,1-5H3/t12-,15+/m1/s1. The van der Waals surface area contributed by atoms with Gasteiger partial charge in [-0.3, -0.25) is 4.79 Å². The van der Waals surface area contributed by atoms with Gasteiger partial charge in [0, 0.05) is 18.0 Å². The SMILES string of the molecule is Cc1cc([C@@H](C)C(=O)N2CCC[C@H]2c2noc(C(C)C)n2)c(C)o1. The highest BCUT2D eigenvalue weighted by Gasteiger charge is 2.36. The van der Waals surface area contributed by atoms with Crippen LogP contribution in [-0.4, -0.2) is 27.5 Å². The molecule has 0 unspecified atom stereocenters. The van der Waals surface area contributed by atoms with Gasteiger partial charge in [-0.1, -0.05) is 19.0 Å². The smallest absolute Gasteiger partial charge is 0.230 e. The van der Waals surface area contributed by atoms with Gasteiger partial charge >= 0.3 is 0 Å². The van der Waals surface area contributed by atoms with E-state index in [2.05, 4.69) is 10.1 Å². The minimum Gasteiger partial charge on any atom is -0.466 e. The highest BCUT2D eigenvalue weighted by molar-refractivity contribution is 5.84. The molecule has 6 heteroatoms. The van der Waals surface area contributed by atoms with E-state index in [1.807, 2.05) is 45.6 Å². The minimum atomic E-state index is -0.237.